The van der Waals surface area contributed by atoms with Gasteiger partial charge in [0.25, 0.3) is 5.92 Å². The summed E-state index contributed by atoms with van der Waals surface area (Å²) >= 11 is 0. The summed E-state index contributed by atoms with van der Waals surface area (Å²) in [5.41, 5.74) is 2.09. The number of rotatable bonds is 3. The van der Waals surface area contributed by atoms with Gasteiger partial charge >= 0.3 is 5.97 Å². The van der Waals surface area contributed by atoms with Crippen molar-refractivity contribution in [2.45, 2.75) is 32.3 Å². The van der Waals surface area contributed by atoms with Crippen LogP contribution in [0.3, 0.4) is 0 Å². The molecule has 4 unspecified atom stereocenters. The molecule has 0 N–H and O–H groups in total. The molecule has 0 radical (unpaired) electrons. The number of carbonyl (C=O) groups is 1. The lowest BCUT2D eigenvalue weighted by atomic mass is 9.64. The molecule has 2 fully saturated rings. The van der Waals surface area contributed by atoms with Gasteiger partial charge in [0.1, 0.15) is 11.9 Å². The molecule has 6 heteroatoms. The van der Waals surface area contributed by atoms with Crippen LogP contribution in [-0.4, -0.2) is 23.0 Å². The van der Waals surface area contributed by atoms with Gasteiger partial charge in [0.05, 0.1) is 11.6 Å². The number of cyclic esters (lactones) is 1. The summed E-state index contributed by atoms with van der Waals surface area (Å²) in [7, 11) is 0. The van der Waals surface area contributed by atoms with Gasteiger partial charge in [0.15, 0.2) is 0 Å². The molecule has 1 aromatic heterocycles. The van der Waals surface area contributed by atoms with E-state index in [1.807, 2.05) is 6.07 Å². The van der Waals surface area contributed by atoms with Gasteiger partial charge in [-0.1, -0.05) is 31.2 Å². The summed E-state index contributed by atoms with van der Waals surface area (Å²) in [5.74, 6) is -6.19. The molecule has 2 aliphatic rings. The molecule has 1 aromatic carbocycles. The SMILES string of the molecule is CC1OC(=O)C2CC(F)(F)C(C)[C@H](/C=C/c3ccc(-c4cccc(F)c4)cn3)C12. The van der Waals surface area contributed by atoms with Crippen molar-refractivity contribution in [3.63, 3.8) is 0 Å². The first-order chi connectivity index (χ1) is 13.8. The van der Waals surface area contributed by atoms with Crippen LogP contribution in [0.15, 0.2) is 48.7 Å². The van der Waals surface area contributed by atoms with Crippen molar-refractivity contribution in [2.24, 2.45) is 23.7 Å². The summed E-state index contributed by atoms with van der Waals surface area (Å²) < 4.78 is 47.6. The van der Waals surface area contributed by atoms with E-state index in [1.54, 1.807) is 43.5 Å². The molecule has 0 spiro atoms. The zero-order valence-electron chi connectivity index (χ0n) is 16.2. The topological polar surface area (TPSA) is 39.2 Å². The third kappa shape index (κ3) is 3.68. The molecule has 5 atom stereocenters. The lowest BCUT2D eigenvalue weighted by Gasteiger charge is -2.41. The molecular weight excluding hydrogens is 379 g/mol. The monoisotopic (exact) mass is 401 g/mol. The molecule has 2 heterocycles. The molecule has 1 aliphatic carbocycles. The number of nitrogens with zero attached hydrogens (tertiary/aromatic N) is 1. The van der Waals surface area contributed by atoms with Crippen molar-refractivity contribution in [3.05, 3.63) is 60.2 Å². The molecule has 1 aliphatic heterocycles. The number of hydrogen-bond acceptors (Lipinski definition) is 3. The number of pyridine rings is 1. The largest absolute Gasteiger partial charge is 0.462 e. The van der Waals surface area contributed by atoms with Crippen LogP contribution >= 0.6 is 0 Å². The fourth-order valence-electron chi connectivity index (χ4n) is 4.58. The zero-order valence-corrected chi connectivity index (χ0v) is 16.2. The van der Waals surface area contributed by atoms with Crippen LogP contribution in [0.5, 0.6) is 0 Å². The van der Waals surface area contributed by atoms with E-state index >= 15 is 0 Å². The smallest absolute Gasteiger partial charge is 0.309 e. The van der Waals surface area contributed by atoms with E-state index in [9.17, 15) is 18.0 Å². The Labute approximate surface area is 167 Å². The number of carbonyl (C=O) groups excluding carboxylic acids is 1. The molecule has 152 valence electrons. The average molecular weight is 401 g/mol. The number of esters is 1. The highest BCUT2D eigenvalue weighted by molar-refractivity contribution is 5.76. The highest BCUT2D eigenvalue weighted by Gasteiger charge is 2.59. The average Bonchev–Trinajstić information content (AvgIpc) is 2.95. The van der Waals surface area contributed by atoms with Gasteiger partial charge in [-0.15, -0.1) is 0 Å². The predicted octanol–water partition coefficient (Wildman–Crippen LogP) is 5.37. The van der Waals surface area contributed by atoms with E-state index in [0.29, 0.717) is 11.3 Å². The van der Waals surface area contributed by atoms with Crippen LogP contribution in [0, 0.1) is 29.5 Å². The maximum atomic E-state index is 14.5. The Morgan fingerprint density at radius 3 is 2.66 bits per heavy atom. The Morgan fingerprint density at radius 2 is 1.97 bits per heavy atom. The second kappa shape index (κ2) is 7.32. The molecule has 0 amide bonds. The van der Waals surface area contributed by atoms with Crippen LogP contribution in [-0.2, 0) is 9.53 Å². The summed E-state index contributed by atoms with van der Waals surface area (Å²) in [6, 6.07) is 9.80. The van der Waals surface area contributed by atoms with Gasteiger partial charge in [0, 0.05) is 30.0 Å². The van der Waals surface area contributed by atoms with Crippen molar-refractivity contribution >= 4 is 12.0 Å². The first-order valence-electron chi connectivity index (χ1n) is 9.75. The van der Waals surface area contributed by atoms with Gasteiger partial charge in [-0.25, -0.2) is 13.2 Å². The Balaban J connectivity index is 1.57. The quantitative estimate of drug-likeness (QED) is 0.649. The Kier molecular flexibility index (Phi) is 4.97. The number of alkyl halides is 2. The van der Waals surface area contributed by atoms with Gasteiger partial charge in [-0.05, 0) is 42.7 Å². The van der Waals surface area contributed by atoms with Crippen LogP contribution in [0.25, 0.3) is 17.2 Å². The van der Waals surface area contributed by atoms with Gasteiger partial charge < -0.3 is 4.74 Å². The molecule has 1 saturated carbocycles. The first kappa shape index (κ1) is 19.7. The van der Waals surface area contributed by atoms with Crippen LogP contribution in [0.4, 0.5) is 13.2 Å². The summed E-state index contributed by atoms with van der Waals surface area (Å²) in [5, 5.41) is 0. The molecule has 0 bridgehead atoms. The van der Waals surface area contributed by atoms with Crippen molar-refractivity contribution in [3.8, 4) is 11.1 Å². The fraction of sp³-hybridized carbons (Fsp3) is 0.391. The lowest BCUT2D eigenvalue weighted by Crippen LogP contribution is -2.46. The maximum Gasteiger partial charge on any atom is 0.309 e. The van der Waals surface area contributed by atoms with Crippen molar-refractivity contribution < 1.29 is 22.7 Å². The minimum absolute atomic E-state index is 0.264. The Bertz CT molecular complexity index is 941. The van der Waals surface area contributed by atoms with Crippen LogP contribution in [0.1, 0.15) is 26.0 Å². The van der Waals surface area contributed by atoms with E-state index < -0.39 is 36.1 Å². The molecule has 4 rings (SSSR count). The summed E-state index contributed by atoms with van der Waals surface area (Å²) in [4.78, 5) is 16.4. The van der Waals surface area contributed by atoms with E-state index in [-0.39, 0.29) is 17.8 Å². The molecule has 2 aromatic rings. The minimum atomic E-state index is -2.92. The van der Waals surface area contributed by atoms with Crippen molar-refractivity contribution in [1.82, 2.24) is 4.98 Å². The molecule has 29 heavy (non-hydrogen) atoms. The number of aromatic nitrogens is 1. The van der Waals surface area contributed by atoms with Crippen LogP contribution < -0.4 is 0 Å². The Hall–Kier alpha value is -2.63. The van der Waals surface area contributed by atoms with Crippen molar-refractivity contribution in [1.29, 1.82) is 0 Å². The van der Waals surface area contributed by atoms with Crippen molar-refractivity contribution in [2.75, 3.05) is 0 Å². The number of fused-ring (bicyclic) bond motifs is 1. The lowest BCUT2D eigenvalue weighted by molar-refractivity contribution is -0.152. The number of ether oxygens (including phenoxy) is 1. The standard InChI is InChI=1S/C23H22F3NO2/c1-13-19(21-14(2)29-22(28)20(21)11-23(13,25)26)9-8-18-7-6-16(12-27-18)15-4-3-5-17(24)10-15/h3-10,12-14,19-21H,11H2,1-2H3/b9-8+/t13?,14?,19-,20?,21?/m0/s1. The molecule has 3 nitrogen and oxygen atoms in total. The number of allylic oxidation sites excluding steroid dienone is 1. The number of hydrogen-bond donors (Lipinski definition) is 0. The highest BCUT2D eigenvalue weighted by atomic mass is 19.3. The summed E-state index contributed by atoms with van der Waals surface area (Å²) in [6.07, 6.45) is 4.24. The van der Waals surface area contributed by atoms with Crippen LogP contribution in [0.2, 0.25) is 0 Å². The van der Waals surface area contributed by atoms with E-state index in [4.69, 9.17) is 4.74 Å². The normalized spacial score (nSPS) is 30.9. The van der Waals surface area contributed by atoms with E-state index in [2.05, 4.69) is 4.98 Å². The van der Waals surface area contributed by atoms with E-state index in [0.717, 1.165) is 5.56 Å². The number of halogens is 3. The number of benzene rings is 1. The fourth-order valence-corrected chi connectivity index (χ4v) is 4.58. The third-order valence-electron chi connectivity index (χ3n) is 6.23. The van der Waals surface area contributed by atoms with E-state index in [1.165, 1.54) is 19.1 Å². The molecule has 1 saturated heterocycles. The Morgan fingerprint density at radius 1 is 1.17 bits per heavy atom. The minimum Gasteiger partial charge on any atom is -0.462 e. The third-order valence-corrected chi connectivity index (χ3v) is 6.23. The second-order valence-electron chi connectivity index (χ2n) is 8.00. The second-order valence-corrected chi connectivity index (χ2v) is 8.00. The zero-order chi connectivity index (χ0) is 20.8. The van der Waals surface area contributed by atoms with Gasteiger partial charge in [-0.3, -0.25) is 9.78 Å². The predicted molar refractivity (Wildman–Crippen MR) is 103 cm³/mol. The highest BCUT2D eigenvalue weighted by Crippen LogP contribution is 2.52. The summed E-state index contributed by atoms with van der Waals surface area (Å²) in [6.45, 7) is 3.30. The first-order valence-corrected chi connectivity index (χ1v) is 9.75. The van der Waals surface area contributed by atoms with Gasteiger partial charge in [-0.2, -0.15) is 0 Å². The maximum absolute atomic E-state index is 14.5. The molecular formula is C23H22F3NO2. The van der Waals surface area contributed by atoms with Gasteiger partial charge in [0.2, 0.25) is 0 Å².